The fourth-order valence-electron chi connectivity index (χ4n) is 1.32. The van der Waals surface area contributed by atoms with E-state index < -0.39 is 21.8 Å². The molecule has 1 aromatic rings. The van der Waals surface area contributed by atoms with Gasteiger partial charge in [-0.25, -0.2) is 13.2 Å². The lowest BCUT2D eigenvalue weighted by Crippen LogP contribution is -2.28. The van der Waals surface area contributed by atoms with Gasteiger partial charge in [0.2, 0.25) is 15.8 Å². The Balaban J connectivity index is 3.13. The largest absolute Gasteiger partial charge is 0.475 e. The third kappa shape index (κ3) is 2.69. The summed E-state index contributed by atoms with van der Waals surface area (Å²) in [5, 5.41) is 17.1. The van der Waals surface area contributed by atoms with Gasteiger partial charge in [0.25, 0.3) is 0 Å². The summed E-state index contributed by atoms with van der Waals surface area (Å²) in [5.41, 5.74) is 0. The highest BCUT2D eigenvalue weighted by molar-refractivity contribution is 7.89. The first-order valence-corrected chi connectivity index (χ1v) is 6.41. The Morgan fingerprint density at radius 1 is 1.61 bits per heavy atom. The van der Waals surface area contributed by atoms with Crippen molar-refractivity contribution < 1.29 is 22.7 Å². The van der Waals surface area contributed by atoms with Crippen LogP contribution >= 0.6 is 0 Å². The van der Waals surface area contributed by atoms with E-state index in [1.165, 1.54) is 14.0 Å². The van der Waals surface area contributed by atoms with Crippen LogP contribution in [0, 0.1) is 18.3 Å². The van der Waals surface area contributed by atoms with Gasteiger partial charge in [-0.15, -0.1) is 0 Å². The zero-order valence-electron chi connectivity index (χ0n) is 9.87. The number of furan rings is 1. The molecule has 1 N–H and O–H groups in total. The highest BCUT2D eigenvalue weighted by atomic mass is 32.2. The minimum atomic E-state index is -3.83. The Kier molecular flexibility index (Phi) is 4.11. The van der Waals surface area contributed by atoms with E-state index in [0.29, 0.717) is 0 Å². The molecule has 0 bridgehead atoms. The van der Waals surface area contributed by atoms with Crippen molar-refractivity contribution in [2.45, 2.75) is 18.2 Å². The molecule has 0 aliphatic carbocycles. The lowest BCUT2D eigenvalue weighted by molar-refractivity contribution is 0.0661. The van der Waals surface area contributed by atoms with E-state index in [4.69, 9.17) is 14.8 Å². The number of nitrogens with zero attached hydrogens (tertiary/aromatic N) is 2. The summed E-state index contributed by atoms with van der Waals surface area (Å²) in [6, 6.07) is 2.80. The molecular weight excluding hydrogens is 260 g/mol. The Hall–Kier alpha value is -1.85. The third-order valence-corrected chi connectivity index (χ3v) is 4.27. The molecule has 0 aliphatic rings. The molecule has 0 atom stereocenters. The van der Waals surface area contributed by atoms with E-state index in [0.717, 1.165) is 10.4 Å². The number of carboxylic acids is 1. The second-order valence-corrected chi connectivity index (χ2v) is 5.58. The Morgan fingerprint density at radius 2 is 2.22 bits per heavy atom. The number of sulfonamides is 1. The van der Waals surface area contributed by atoms with Crippen LogP contribution in [0.5, 0.6) is 0 Å². The van der Waals surface area contributed by atoms with Gasteiger partial charge in [0.05, 0.1) is 6.07 Å². The lowest BCUT2D eigenvalue weighted by atomic mass is 10.4. The number of hydrogen-bond acceptors (Lipinski definition) is 5. The lowest BCUT2D eigenvalue weighted by Gasteiger charge is -2.14. The van der Waals surface area contributed by atoms with Gasteiger partial charge in [0, 0.05) is 26.1 Å². The monoisotopic (exact) mass is 272 g/mol. The Morgan fingerprint density at radius 3 is 2.67 bits per heavy atom. The first-order valence-electron chi connectivity index (χ1n) is 4.97. The van der Waals surface area contributed by atoms with Gasteiger partial charge in [-0.05, 0) is 6.92 Å². The predicted octanol–water partition coefficient (Wildman–Crippen LogP) is 0.820. The standard InChI is InChI=1S/C10H12N2O5S/c1-7-9(6-8(17-7)10(13)14)18(15,16)12(2)5-3-4-11/h6H,3,5H2,1-2H3,(H,13,14). The van der Waals surface area contributed by atoms with E-state index in [1.807, 2.05) is 6.07 Å². The van der Waals surface area contributed by atoms with Crippen molar-refractivity contribution in [3.8, 4) is 6.07 Å². The maximum atomic E-state index is 12.1. The third-order valence-electron chi connectivity index (χ3n) is 2.31. The zero-order chi connectivity index (χ0) is 13.9. The maximum absolute atomic E-state index is 12.1. The number of hydrogen-bond donors (Lipinski definition) is 1. The first-order chi connectivity index (χ1) is 8.30. The van der Waals surface area contributed by atoms with E-state index in [1.54, 1.807) is 0 Å². The van der Waals surface area contributed by atoms with Gasteiger partial charge in [-0.3, -0.25) is 0 Å². The van der Waals surface area contributed by atoms with Crippen molar-refractivity contribution >= 4 is 16.0 Å². The van der Waals surface area contributed by atoms with Crippen LogP contribution in [0.2, 0.25) is 0 Å². The van der Waals surface area contributed by atoms with E-state index in [2.05, 4.69) is 0 Å². The van der Waals surface area contributed by atoms with E-state index in [-0.39, 0.29) is 23.6 Å². The SMILES string of the molecule is Cc1oc(C(=O)O)cc1S(=O)(=O)N(C)CCC#N. The quantitative estimate of drug-likeness (QED) is 0.849. The summed E-state index contributed by atoms with van der Waals surface area (Å²) < 4.78 is 29.9. The normalized spacial score (nSPS) is 11.4. The highest BCUT2D eigenvalue weighted by Gasteiger charge is 2.27. The molecular formula is C10H12N2O5S. The van der Waals surface area contributed by atoms with Gasteiger partial charge in [-0.2, -0.15) is 9.57 Å². The van der Waals surface area contributed by atoms with E-state index in [9.17, 15) is 13.2 Å². The predicted molar refractivity (Wildman–Crippen MR) is 60.5 cm³/mol. The average molecular weight is 272 g/mol. The highest BCUT2D eigenvalue weighted by Crippen LogP contribution is 2.23. The first kappa shape index (κ1) is 14.2. The maximum Gasteiger partial charge on any atom is 0.371 e. The van der Waals surface area contributed by atoms with E-state index >= 15 is 0 Å². The molecule has 0 aromatic carbocycles. The molecule has 0 fully saturated rings. The van der Waals surface area contributed by atoms with Crippen molar-refractivity contribution in [1.29, 1.82) is 5.26 Å². The topological polar surface area (TPSA) is 112 Å². The van der Waals surface area contributed by atoms with Crippen LogP contribution in [0.1, 0.15) is 22.7 Å². The molecule has 0 amide bonds. The van der Waals surface area contributed by atoms with Gasteiger partial charge in [0.1, 0.15) is 10.7 Å². The summed E-state index contributed by atoms with van der Waals surface area (Å²) in [4.78, 5) is 10.5. The molecule has 7 nitrogen and oxygen atoms in total. The Labute approximate surface area is 104 Å². The summed E-state index contributed by atoms with van der Waals surface area (Å²) in [6.07, 6.45) is 0.0540. The van der Waals surface area contributed by atoms with Crippen LogP contribution in [-0.4, -0.2) is 37.4 Å². The van der Waals surface area contributed by atoms with Crippen molar-refractivity contribution in [2.75, 3.05) is 13.6 Å². The molecule has 18 heavy (non-hydrogen) atoms. The molecule has 0 aliphatic heterocycles. The van der Waals surface area contributed by atoms with Crippen molar-refractivity contribution in [1.82, 2.24) is 4.31 Å². The van der Waals surface area contributed by atoms with Crippen molar-refractivity contribution in [3.05, 3.63) is 17.6 Å². The number of carbonyl (C=O) groups is 1. The van der Waals surface area contributed by atoms with Crippen molar-refractivity contribution in [2.24, 2.45) is 0 Å². The molecule has 0 saturated heterocycles. The van der Waals surface area contributed by atoms with Gasteiger partial charge in [-0.1, -0.05) is 0 Å². The van der Waals surface area contributed by atoms with Crippen LogP contribution in [0.3, 0.4) is 0 Å². The van der Waals surface area contributed by atoms with Crippen LogP contribution in [0.25, 0.3) is 0 Å². The minimum absolute atomic E-state index is 0.0104. The summed E-state index contributed by atoms with van der Waals surface area (Å²) in [6.45, 7) is 1.41. The molecule has 98 valence electrons. The summed E-state index contributed by atoms with van der Waals surface area (Å²) >= 11 is 0. The number of carboxylic acid groups (broad SMARTS) is 1. The molecule has 1 aromatic heterocycles. The summed E-state index contributed by atoms with van der Waals surface area (Å²) in [5.74, 6) is -1.75. The van der Waals surface area contributed by atoms with Crippen LogP contribution < -0.4 is 0 Å². The zero-order valence-corrected chi connectivity index (χ0v) is 10.7. The number of rotatable bonds is 5. The second kappa shape index (κ2) is 5.20. The number of nitriles is 1. The second-order valence-electron chi connectivity index (χ2n) is 3.57. The van der Waals surface area contributed by atoms with Gasteiger partial charge in [0.15, 0.2) is 0 Å². The van der Waals surface area contributed by atoms with Crippen LogP contribution in [0.15, 0.2) is 15.4 Å². The van der Waals surface area contributed by atoms with Gasteiger partial charge < -0.3 is 9.52 Å². The van der Waals surface area contributed by atoms with Crippen LogP contribution in [-0.2, 0) is 10.0 Å². The molecule has 1 rings (SSSR count). The minimum Gasteiger partial charge on any atom is -0.475 e. The number of aromatic carboxylic acids is 1. The smallest absolute Gasteiger partial charge is 0.371 e. The van der Waals surface area contributed by atoms with Crippen molar-refractivity contribution in [3.63, 3.8) is 0 Å². The molecule has 8 heteroatoms. The molecule has 0 spiro atoms. The Bertz CT molecular complexity index is 596. The molecule has 1 heterocycles. The number of aryl methyl sites for hydroxylation is 1. The fraction of sp³-hybridized carbons (Fsp3) is 0.400. The molecule has 0 saturated carbocycles. The molecule has 0 radical (unpaired) electrons. The van der Waals surface area contributed by atoms with Crippen LogP contribution in [0.4, 0.5) is 0 Å². The van der Waals surface area contributed by atoms with Gasteiger partial charge >= 0.3 is 5.97 Å². The average Bonchev–Trinajstić information content (AvgIpc) is 2.68. The summed E-state index contributed by atoms with van der Waals surface area (Å²) in [7, 11) is -2.51. The molecule has 0 unspecified atom stereocenters. The fourth-order valence-corrected chi connectivity index (χ4v) is 2.65.